The van der Waals surface area contributed by atoms with E-state index in [1.165, 1.54) is 29.2 Å². The molecule has 2 aromatic rings. The number of carbonyl (C=O) groups is 2. The van der Waals surface area contributed by atoms with Crippen LogP contribution in [-0.4, -0.2) is 37.2 Å². The lowest BCUT2D eigenvalue weighted by atomic mass is 10.1. The highest BCUT2D eigenvalue weighted by molar-refractivity contribution is 6.01. The molecule has 1 aromatic heterocycles. The lowest BCUT2D eigenvalue weighted by Gasteiger charge is -2.09. The van der Waals surface area contributed by atoms with Gasteiger partial charge in [0.05, 0.1) is 23.0 Å². The van der Waals surface area contributed by atoms with E-state index in [9.17, 15) is 9.59 Å². The first-order valence-electron chi connectivity index (χ1n) is 5.39. The van der Waals surface area contributed by atoms with Crippen LogP contribution in [0, 0.1) is 11.3 Å². The van der Waals surface area contributed by atoms with Gasteiger partial charge in [0.25, 0.3) is 0 Å². The number of amides is 1. The van der Waals surface area contributed by atoms with Crippen molar-refractivity contribution in [2.75, 3.05) is 5.32 Å². The molecule has 1 aromatic carbocycles. The van der Waals surface area contributed by atoms with E-state index in [4.69, 9.17) is 10.4 Å². The SMILES string of the molecule is N#CCC(=O)Nc1cc(-n2cnnn2)ccc1C(=O)O. The minimum atomic E-state index is -1.19. The first-order chi connectivity index (χ1) is 9.61. The van der Waals surface area contributed by atoms with Crippen LogP contribution in [0.2, 0.25) is 0 Å². The van der Waals surface area contributed by atoms with Gasteiger partial charge in [-0.3, -0.25) is 4.79 Å². The average molecular weight is 272 g/mol. The molecule has 0 saturated carbocycles. The van der Waals surface area contributed by atoms with Gasteiger partial charge in [-0.15, -0.1) is 5.10 Å². The van der Waals surface area contributed by atoms with E-state index in [1.54, 1.807) is 6.07 Å². The second kappa shape index (κ2) is 5.57. The fourth-order valence-electron chi connectivity index (χ4n) is 1.51. The number of aromatic nitrogens is 4. The summed E-state index contributed by atoms with van der Waals surface area (Å²) in [4.78, 5) is 22.5. The van der Waals surface area contributed by atoms with Gasteiger partial charge in [0.2, 0.25) is 5.91 Å². The molecule has 1 amide bonds. The maximum Gasteiger partial charge on any atom is 0.337 e. The summed E-state index contributed by atoms with van der Waals surface area (Å²) in [5.74, 6) is -1.79. The van der Waals surface area contributed by atoms with Crippen molar-refractivity contribution in [3.05, 3.63) is 30.1 Å². The van der Waals surface area contributed by atoms with Crippen molar-refractivity contribution in [3.8, 4) is 11.8 Å². The zero-order valence-electron chi connectivity index (χ0n) is 10.0. The number of benzene rings is 1. The molecule has 20 heavy (non-hydrogen) atoms. The summed E-state index contributed by atoms with van der Waals surface area (Å²) in [6.07, 6.45) is 0.963. The van der Waals surface area contributed by atoms with Crippen molar-refractivity contribution < 1.29 is 14.7 Å². The summed E-state index contributed by atoms with van der Waals surface area (Å²) < 4.78 is 1.31. The van der Waals surface area contributed by atoms with Gasteiger partial charge in [0.15, 0.2) is 0 Å². The first-order valence-corrected chi connectivity index (χ1v) is 5.39. The summed E-state index contributed by atoms with van der Waals surface area (Å²) in [5.41, 5.74) is 0.464. The zero-order valence-corrected chi connectivity index (χ0v) is 10.0. The Kier molecular flexibility index (Phi) is 3.67. The Bertz CT molecular complexity index is 689. The zero-order chi connectivity index (χ0) is 14.5. The molecule has 1 heterocycles. The van der Waals surface area contributed by atoms with Gasteiger partial charge in [-0.1, -0.05) is 0 Å². The quantitative estimate of drug-likeness (QED) is 0.812. The molecule has 0 bridgehead atoms. The van der Waals surface area contributed by atoms with Gasteiger partial charge in [-0.2, -0.15) is 5.26 Å². The number of nitrogens with one attached hydrogen (secondary N) is 1. The number of carboxylic acids is 1. The molecule has 9 heteroatoms. The predicted molar refractivity (Wildman–Crippen MR) is 65.0 cm³/mol. The predicted octanol–water partition coefficient (Wildman–Crippen LogP) is 0.213. The Morgan fingerprint density at radius 2 is 2.25 bits per heavy atom. The van der Waals surface area contributed by atoms with Gasteiger partial charge >= 0.3 is 5.97 Å². The van der Waals surface area contributed by atoms with Crippen molar-refractivity contribution in [1.29, 1.82) is 5.26 Å². The summed E-state index contributed by atoms with van der Waals surface area (Å²) in [6, 6.07) is 5.91. The van der Waals surface area contributed by atoms with Crippen LogP contribution in [0.5, 0.6) is 0 Å². The van der Waals surface area contributed by atoms with Crippen molar-refractivity contribution >= 4 is 17.6 Å². The largest absolute Gasteiger partial charge is 0.478 e. The highest BCUT2D eigenvalue weighted by atomic mass is 16.4. The Morgan fingerprint density at radius 1 is 1.45 bits per heavy atom. The van der Waals surface area contributed by atoms with Crippen LogP contribution in [0.15, 0.2) is 24.5 Å². The number of nitrogens with zero attached hydrogens (tertiary/aromatic N) is 5. The minimum Gasteiger partial charge on any atom is -0.478 e. The summed E-state index contributed by atoms with van der Waals surface area (Å²) in [6.45, 7) is 0. The number of carbonyl (C=O) groups excluding carboxylic acids is 1. The molecule has 0 radical (unpaired) electrons. The van der Waals surface area contributed by atoms with Crippen molar-refractivity contribution in [2.24, 2.45) is 0 Å². The molecule has 0 aliphatic heterocycles. The van der Waals surface area contributed by atoms with Gasteiger partial charge in [0.1, 0.15) is 12.7 Å². The molecule has 2 rings (SSSR count). The smallest absolute Gasteiger partial charge is 0.337 e. The van der Waals surface area contributed by atoms with E-state index < -0.39 is 11.9 Å². The lowest BCUT2D eigenvalue weighted by molar-refractivity contribution is -0.115. The van der Waals surface area contributed by atoms with E-state index in [0.717, 1.165) is 0 Å². The number of anilines is 1. The fraction of sp³-hybridized carbons (Fsp3) is 0.0909. The van der Waals surface area contributed by atoms with Crippen LogP contribution in [0.3, 0.4) is 0 Å². The summed E-state index contributed by atoms with van der Waals surface area (Å²) >= 11 is 0. The van der Waals surface area contributed by atoms with Crippen molar-refractivity contribution in [1.82, 2.24) is 20.2 Å². The standard InChI is InChI=1S/C11H8N6O3/c12-4-3-10(18)14-9-5-7(17-6-13-15-16-17)1-2-8(9)11(19)20/h1-2,5-6H,3H2,(H,14,18)(H,19,20). The van der Waals surface area contributed by atoms with Gasteiger partial charge in [-0.25, -0.2) is 9.48 Å². The molecular formula is C11H8N6O3. The van der Waals surface area contributed by atoms with Gasteiger partial charge in [-0.05, 0) is 28.6 Å². The number of aromatic carboxylic acids is 1. The Hall–Kier alpha value is -3.28. The van der Waals surface area contributed by atoms with Crippen molar-refractivity contribution in [2.45, 2.75) is 6.42 Å². The lowest BCUT2D eigenvalue weighted by Crippen LogP contribution is -2.14. The number of hydrogen-bond acceptors (Lipinski definition) is 6. The number of carboxylic acid groups (broad SMARTS) is 1. The van der Waals surface area contributed by atoms with E-state index in [-0.39, 0.29) is 17.7 Å². The minimum absolute atomic E-state index is 0.0748. The molecule has 0 fully saturated rings. The van der Waals surface area contributed by atoms with E-state index >= 15 is 0 Å². The molecular weight excluding hydrogens is 264 g/mol. The Morgan fingerprint density at radius 3 is 2.85 bits per heavy atom. The maximum absolute atomic E-state index is 11.4. The molecule has 2 N–H and O–H groups in total. The van der Waals surface area contributed by atoms with Crippen LogP contribution in [0.1, 0.15) is 16.8 Å². The maximum atomic E-state index is 11.4. The third kappa shape index (κ3) is 2.75. The molecule has 0 spiro atoms. The van der Waals surface area contributed by atoms with Crippen LogP contribution in [-0.2, 0) is 4.79 Å². The first kappa shape index (κ1) is 13.2. The summed E-state index contributed by atoms with van der Waals surface area (Å²) in [5, 5.41) is 30.5. The number of hydrogen-bond donors (Lipinski definition) is 2. The monoisotopic (exact) mass is 272 g/mol. The number of tetrazole rings is 1. The molecule has 100 valence electrons. The van der Waals surface area contributed by atoms with Gasteiger partial charge < -0.3 is 10.4 Å². The van der Waals surface area contributed by atoms with E-state index in [2.05, 4.69) is 20.8 Å². The topological polar surface area (TPSA) is 134 Å². The molecule has 0 aliphatic rings. The number of nitriles is 1. The van der Waals surface area contributed by atoms with Crippen LogP contribution in [0.25, 0.3) is 5.69 Å². The normalized spacial score (nSPS) is 9.75. The highest BCUT2D eigenvalue weighted by Gasteiger charge is 2.14. The van der Waals surface area contributed by atoms with Crippen molar-refractivity contribution in [3.63, 3.8) is 0 Å². The molecule has 0 atom stereocenters. The van der Waals surface area contributed by atoms with Crippen LogP contribution in [0.4, 0.5) is 5.69 Å². The molecule has 0 unspecified atom stereocenters. The van der Waals surface area contributed by atoms with Gasteiger partial charge in [0, 0.05) is 0 Å². The molecule has 0 aliphatic carbocycles. The van der Waals surface area contributed by atoms with Crippen LogP contribution >= 0.6 is 0 Å². The molecule has 9 nitrogen and oxygen atoms in total. The molecule has 0 saturated heterocycles. The van der Waals surface area contributed by atoms with E-state index in [0.29, 0.717) is 5.69 Å². The Labute approximate surface area is 112 Å². The Balaban J connectivity index is 2.40. The third-order valence-corrected chi connectivity index (χ3v) is 2.36. The third-order valence-electron chi connectivity index (χ3n) is 2.36. The second-order valence-electron chi connectivity index (χ2n) is 3.67. The summed E-state index contributed by atoms with van der Waals surface area (Å²) in [7, 11) is 0. The van der Waals surface area contributed by atoms with E-state index in [1.807, 2.05) is 0 Å². The second-order valence-corrected chi connectivity index (χ2v) is 3.67. The highest BCUT2D eigenvalue weighted by Crippen LogP contribution is 2.20. The average Bonchev–Trinajstić information content (AvgIpc) is 2.92. The van der Waals surface area contributed by atoms with Crippen LogP contribution < -0.4 is 5.32 Å². The number of rotatable bonds is 4. The fourth-order valence-corrected chi connectivity index (χ4v) is 1.51.